The number of halogens is 2. The number of hydrogen-bond donors (Lipinski definition) is 0. The summed E-state index contributed by atoms with van der Waals surface area (Å²) in [5, 5.41) is 1.33. The standard InChI is InChI=1S/C14H10Br2S2/c1-8-6-11(18-14(8)16)13(15)12-7-9-4-2-3-5-10(9)17-12/h2-7,13H,1H3. The van der Waals surface area contributed by atoms with Crippen LogP contribution in [-0.2, 0) is 0 Å². The molecule has 0 nitrogen and oxygen atoms in total. The number of hydrogen-bond acceptors (Lipinski definition) is 2. The van der Waals surface area contributed by atoms with Gasteiger partial charge >= 0.3 is 0 Å². The predicted octanol–water partition coefficient (Wildman–Crippen LogP) is 6.52. The van der Waals surface area contributed by atoms with Crippen molar-refractivity contribution in [2.24, 2.45) is 0 Å². The molecule has 0 saturated heterocycles. The van der Waals surface area contributed by atoms with Crippen LogP contribution >= 0.6 is 54.5 Å². The predicted molar refractivity (Wildman–Crippen MR) is 89.4 cm³/mol. The number of aryl methyl sites for hydroxylation is 1. The summed E-state index contributed by atoms with van der Waals surface area (Å²) in [5.41, 5.74) is 1.31. The number of benzene rings is 1. The van der Waals surface area contributed by atoms with E-state index in [4.69, 9.17) is 0 Å². The van der Waals surface area contributed by atoms with Gasteiger partial charge < -0.3 is 0 Å². The maximum absolute atomic E-state index is 3.82. The number of alkyl halides is 1. The summed E-state index contributed by atoms with van der Waals surface area (Å²) in [6.07, 6.45) is 0. The normalized spacial score (nSPS) is 13.1. The van der Waals surface area contributed by atoms with Crippen LogP contribution in [0.2, 0.25) is 0 Å². The molecule has 1 atom stereocenters. The second-order valence-electron chi connectivity index (χ2n) is 4.15. The molecule has 2 aromatic heterocycles. The molecule has 0 amide bonds. The topological polar surface area (TPSA) is 0 Å². The lowest BCUT2D eigenvalue weighted by Crippen LogP contribution is -1.83. The van der Waals surface area contributed by atoms with E-state index in [1.54, 1.807) is 11.3 Å². The van der Waals surface area contributed by atoms with E-state index < -0.39 is 0 Å². The van der Waals surface area contributed by atoms with Gasteiger partial charge in [-0.05, 0) is 52.0 Å². The molecule has 0 N–H and O–H groups in total. The van der Waals surface area contributed by atoms with Crippen LogP contribution < -0.4 is 0 Å². The maximum Gasteiger partial charge on any atom is 0.0831 e. The molecule has 0 aliphatic heterocycles. The van der Waals surface area contributed by atoms with E-state index in [9.17, 15) is 0 Å². The molecule has 1 aromatic carbocycles. The number of fused-ring (bicyclic) bond motifs is 1. The summed E-state index contributed by atoms with van der Waals surface area (Å²) < 4.78 is 2.58. The Morgan fingerprint density at radius 3 is 2.44 bits per heavy atom. The number of thiophene rings is 2. The fraction of sp³-hybridized carbons (Fsp3) is 0.143. The van der Waals surface area contributed by atoms with E-state index in [1.165, 1.54) is 29.2 Å². The highest BCUT2D eigenvalue weighted by atomic mass is 79.9. The fourth-order valence-electron chi connectivity index (χ4n) is 1.88. The van der Waals surface area contributed by atoms with Gasteiger partial charge in [-0.25, -0.2) is 0 Å². The third-order valence-corrected chi connectivity index (χ3v) is 7.80. The van der Waals surface area contributed by atoms with Gasteiger partial charge in [-0.15, -0.1) is 22.7 Å². The van der Waals surface area contributed by atoms with E-state index in [0.29, 0.717) is 4.83 Å². The lowest BCUT2D eigenvalue weighted by Gasteiger charge is -2.03. The van der Waals surface area contributed by atoms with Gasteiger partial charge in [0.05, 0.1) is 8.61 Å². The first-order chi connectivity index (χ1) is 8.65. The van der Waals surface area contributed by atoms with E-state index in [0.717, 1.165) is 0 Å². The highest BCUT2D eigenvalue weighted by Gasteiger charge is 2.16. The van der Waals surface area contributed by atoms with Crippen LogP contribution in [0.25, 0.3) is 10.1 Å². The first-order valence-corrected chi connectivity index (χ1v) is 8.87. The third kappa shape index (κ3) is 2.31. The number of rotatable bonds is 2. The molecule has 92 valence electrons. The minimum Gasteiger partial charge on any atom is -0.139 e. The maximum atomic E-state index is 3.82. The quantitative estimate of drug-likeness (QED) is 0.429. The van der Waals surface area contributed by atoms with Crippen LogP contribution in [0.15, 0.2) is 40.2 Å². The second-order valence-corrected chi connectivity index (χ2v) is 8.59. The molecule has 0 aliphatic carbocycles. The van der Waals surface area contributed by atoms with Crippen molar-refractivity contribution < 1.29 is 0 Å². The second kappa shape index (κ2) is 5.08. The van der Waals surface area contributed by atoms with Gasteiger partial charge in [0.15, 0.2) is 0 Å². The first kappa shape index (κ1) is 12.9. The summed E-state index contributed by atoms with van der Waals surface area (Å²) in [6, 6.07) is 13.1. The minimum atomic E-state index is 0.296. The molecule has 0 fully saturated rings. The van der Waals surface area contributed by atoms with E-state index in [2.05, 4.69) is 75.2 Å². The molecule has 2 heterocycles. The molecule has 0 radical (unpaired) electrons. The molecule has 0 aliphatic rings. The van der Waals surface area contributed by atoms with Gasteiger partial charge in [0.25, 0.3) is 0 Å². The van der Waals surface area contributed by atoms with Crippen molar-refractivity contribution in [1.82, 2.24) is 0 Å². The van der Waals surface area contributed by atoms with Crippen molar-refractivity contribution in [3.05, 3.63) is 55.5 Å². The lowest BCUT2D eigenvalue weighted by molar-refractivity contribution is 1.28. The van der Waals surface area contributed by atoms with Crippen molar-refractivity contribution in [2.75, 3.05) is 0 Å². The molecular formula is C14H10Br2S2. The monoisotopic (exact) mass is 400 g/mol. The highest BCUT2D eigenvalue weighted by molar-refractivity contribution is 9.11. The van der Waals surface area contributed by atoms with Gasteiger partial charge in [0.1, 0.15) is 0 Å². The Labute approximate surface area is 131 Å². The molecule has 18 heavy (non-hydrogen) atoms. The van der Waals surface area contributed by atoms with Crippen molar-refractivity contribution in [3.8, 4) is 0 Å². The Hall–Kier alpha value is -0.160. The van der Waals surface area contributed by atoms with E-state index >= 15 is 0 Å². The smallest absolute Gasteiger partial charge is 0.0831 e. The highest BCUT2D eigenvalue weighted by Crippen LogP contribution is 2.42. The Kier molecular flexibility index (Phi) is 3.63. The lowest BCUT2D eigenvalue weighted by atomic mass is 10.2. The van der Waals surface area contributed by atoms with E-state index in [-0.39, 0.29) is 0 Å². The zero-order valence-electron chi connectivity index (χ0n) is 9.61. The Balaban J connectivity index is 2.03. The summed E-state index contributed by atoms with van der Waals surface area (Å²) in [6.45, 7) is 2.13. The van der Waals surface area contributed by atoms with Crippen LogP contribution in [-0.4, -0.2) is 0 Å². The summed E-state index contributed by atoms with van der Waals surface area (Å²) in [7, 11) is 0. The summed E-state index contributed by atoms with van der Waals surface area (Å²) in [5.74, 6) is 0. The molecule has 0 spiro atoms. The SMILES string of the molecule is Cc1cc(C(Br)c2cc3ccccc3s2)sc1Br. The third-order valence-electron chi connectivity index (χ3n) is 2.82. The van der Waals surface area contributed by atoms with Crippen LogP contribution in [0.5, 0.6) is 0 Å². The first-order valence-electron chi connectivity index (χ1n) is 5.53. The Bertz CT molecular complexity index is 644. The zero-order chi connectivity index (χ0) is 12.7. The average Bonchev–Trinajstić information content (AvgIpc) is 2.93. The fourth-order valence-corrected chi connectivity index (χ4v) is 5.41. The van der Waals surface area contributed by atoms with Gasteiger partial charge in [-0.3, -0.25) is 0 Å². The minimum absolute atomic E-state index is 0.296. The molecule has 0 saturated carbocycles. The molecular weight excluding hydrogens is 392 g/mol. The summed E-state index contributed by atoms with van der Waals surface area (Å²) in [4.78, 5) is 3.01. The van der Waals surface area contributed by atoms with Crippen molar-refractivity contribution in [2.45, 2.75) is 11.8 Å². The van der Waals surface area contributed by atoms with Crippen LogP contribution in [0, 0.1) is 6.92 Å². The average molecular weight is 402 g/mol. The van der Waals surface area contributed by atoms with Crippen LogP contribution in [0.4, 0.5) is 0 Å². The van der Waals surface area contributed by atoms with Gasteiger partial charge in [-0.1, -0.05) is 34.1 Å². The summed E-state index contributed by atoms with van der Waals surface area (Å²) >= 11 is 11.1. The van der Waals surface area contributed by atoms with Gasteiger partial charge in [-0.2, -0.15) is 0 Å². The molecule has 1 unspecified atom stereocenters. The van der Waals surface area contributed by atoms with E-state index in [1.807, 2.05) is 11.3 Å². The molecule has 3 aromatic rings. The van der Waals surface area contributed by atoms with Crippen LogP contribution in [0.3, 0.4) is 0 Å². The largest absolute Gasteiger partial charge is 0.139 e. The van der Waals surface area contributed by atoms with Crippen molar-refractivity contribution >= 4 is 64.6 Å². The van der Waals surface area contributed by atoms with Gasteiger partial charge in [0.2, 0.25) is 0 Å². The molecule has 0 bridgehead atoms. The van der Waals surface area contributed by atoms with Crippen molar-refractivity contribution in [3.63, 3.8) is 0 Å². The van der Waals surface area contributed by atoms with Gasteiger partial charge in [0, 0.05) is 14.5 Å². The Morgan fingerprint density at radius 2 is 1.78 bits per heavy atom. The van der Waals surface area contributed by atoms with Crippen LogP contribution in [0.1, 0.15) is 20.1 Å². The zero-order valence-corrected chi connectivity index (χ0v) is 14.4. The molecule has 3 rings (SSSR count). The molecule has 4 heteroatoms. The Morgan fingerprint density at radius 1 is 1.06 bits per heavy atom. The van der Waals surface area contributed by atoms with Crippen molar-refractivity contribution in [1.29, 1.82) is 0 Å².